The van der Waals surface area contributed by atoms with Crippen LogP contribution < -0.4 is 0 Å². The third-order valence-electron chi connectivity index (χ3n) is 3.54. The molecule has 0 radical (unpaired) electrons. The first-order valence-electron chi connectivity index (χ1n) is 6.84. The number of esters is 1. The number of hydrogen-bond acceptors (Lipinski definition) is 5. The van der Waals surface area contributed by atoms with E-state index in [-0.39, 0.29) is 23.1 Å². The fourth-order valence-electron chi connectivity index (χ4n) is 2.26. The van der Waals surface area contributed by atoms with Crippen molar-refractivity contribution < 1.29 is 19.4 Å². The maximum atomic E-state index is 11.8. The van der Waals surface area contributed by atoms with Crippen molar-refractivity contribution in [3.63, 3.8) is 0 Å². The van der Waals surface area contributed by atoms with E-state index in [2.05, 4.69) is 14.8 Å². The molecule has 0 saturated heterocycles. The van der Waals surface area contributed by atoms with Crippen LogP contribution in [0.4, 0.5) is 0 Å². The Morgan fingerprint density at radius 3 is 2.67 bits per heavy atom. The molecule has 1 N–H and O–H groups in total. The Kier molecular flexibility index (Phi) is 6.98. The van der Waals surface area contributed by atoms with Gasteiger partial charge in [-0.2, -0.15) is 0 Å². The Balaban J connectivity index is 3.14. The second kappa shape index (κ2) is 8.24. The Bertz CT molecular complexity index is 458. The van der Waals surface area contributed by atoms with Crippen molar-refractivity contribution in [2.75, 3.05) is 7.11 Å². The maximum absolute atomic E-state index is 11.8. The summed E-state index contributed by atoms with van der Waals surface area (Å²) in [4.78, 5) is 14.5. The van der Waals surface area contributed by atoms with Gasteiger partial charge in [-0.15, -0.1) is 0 Å². The average molecular weight is 318 g/mol. The van der Waals surface area contributed by atoms with Gasteiger partial charge in [0, 0.05) is 4.91 Å². The lowest BCUT2D eigenvalue weighted by atomic mass is 9.90. The summed E-state index contributed by atoms with van der Waals surface area (Å²) in [7, 11) is 1.24. The molecule has 1 rings (SSSR count). The fraction of sp³-hybridized carbons (Fsp3) is 0.769. The number of methoxy groups -OCH3 is 1. The van der Waals surface area contributed by atoms with Crippen LogP contribution in [0.5, 0.6) is 0 Å². The van der Waals surface area contributed by atoms with Gasteiger partial charge < -0.3 is 14.6 Å². The number of hydrogen-bond donors (Lipinski definition) is 1. The minimum Gasteiger partial charge on any atom is -0.466 e. The van der Waals surface area contributed by atoms with E-state index < -0.39 is 24.2 Å². The number of ether oxygens (including phenoxy) is 2. The van der Waals surface area contributed by atoms with Gasteiger partial charge in [-0.1, -0.05) is 30.6 Å². The number of aliphatic hydroxyl groups is 1. The lowest BCUT2D eigenvalue weighted by Crippen LogP contribution is -2.45. The highest BCUT2D eigenvalue weighted by molar-refractivity contribution is 6.32. The minimum atomic E-state index is -1.09. The van der Waals surface area contributed by atoms with E-state index in [1.165, 1.54) is 7.11 Å². The van der Waals surface area contributed by atoms with Gasteiger partial charge >= 0.3 is 5.97 Å². The second-order valence-electron chi connectivity index (χ2n) is 4.78. The van der Waals surface area contributed by atoms with Gasteiger partial charge in [0.05, 0.1) is 36.0 Å². The normalized spacial score (nSPS) is 25.7. The quantitative estimate of drug-likeness (QED) is 0.352. The van der Waals surface area contributed by atoms with E-state index in [0.29, 0.717) is 0 Å². The first-order valence-corrected chi connectivity index (χ1v) is 7.22. The lowest BCUT2D eigenvalue weighted by Gasteiger charge is -2.35. The molecule has 8 heteroatoms. The highest BCUT2D eigenvalue weighted by Crippen LogP contribution is 2.34. The largest absolute Gasteiger partial charge is 0.466 e. The summed E-state index contributed by atoms with van der Waals surface area (Å²) < 4.78 is 10.5. The SMILES string of the molecule is CCC(CC)O[C@@H]1C(Cl)=C(C(=O)OC)C[C@@H](N=[N+]=[N-])[C@@H]1O. The molecule has 0 saturated carbocycles. The Morgan fingerprint density at radius 1 is 1.57 bits per heavy atom. The summed E-state index contributed by atoms with van der Waals surface area (Å²) in [5, 5.41) is 13.9. The Labute approximate surface area is 128 Å². The van der Waals surface area contributed by atoms with Crippen molar-refractivity contribution in [2.45, 2.75) is 57.5 Å². The number of nitrogens with zero attached hydrogens (tertiary/aromatic N) is 3. The Morgan fingerprint density at radius 2 is 2.19 bits per heavy atom. The first kappa shape index (κ1) is 17.8. The predicted octanol–water partition coefficient (Wildman–Crippen LogP) is 2.67. The summed E-state index contributed by atoms with van der Waals surface area (Å²) in [5.41, 5.74) is 8.76. The molecule has 3 atom stereocenters. The molecule has 0 aromatic heterocycles. The van der Waals surface area contributed by atoms with E-state index >= 15 is 0 Å². The number of carbonyl (C=O) groups is 1. The highest BCUT2D eigenvalue weighted by Gasteiger charge is 2.40. The van der Waals surface area contributed by atoms with E-state index in [4.69, 9.17) is 21.9 Å². The molecule has 118 valence electrons. The lowest BCUT2D eigenvalue weighted by molar-refractivity contribution is -0.137. The van der Waals surface area contributed by atoms with Crippen molar-refractivity contribution in [3.05, 3.63) is 21.0 Å². The zero-order valence-electron chi connectivity index (χ0n) is 12.3. The van der Waals surface area contributed by atoms with Gasteiger partial charge in [0.1, 0.15) is 6.10 Å². The topological polar surface area (TPSA) is 105 Å². The molecule has 21 heavy (non-hydrogen) atoms. The van der Waals surface area contributed by atoms with Crippen molar-refractivity contribution >= 4 is 17.6 Å². The third kappa shape index (κ3) is 4.11. The molecular formula is C13H20ClN3O4. The number of azide groups is 1. The zero-order chi connectivity index (χ0) is 16.0. The van der Waals surface area contributed by atoms with Gasteiger partial charge in [-0.3, -0.25) is 0 Å². The zero-order valence-corrected chi connectivity index (χ0v) is 13.1. The summed E-state index contributed by atoms with van der Waals surface area (Å²) in [6.45, 7) is 3.90. The van der Waals surface area contributed by atoms with Crippen LogP contribution >= 0.6 is 11.6 Å². The number of rotatable bonds is 6. The minimum absolute atomic E-state index is 0.0273. The van der Waals surface area contributed by atoms with E-state index in [0.717, 1.165) is 12.8 Å². The van der Waals surface area contributed by atoms with Crippen LogP contribution in [-0.4, -0.2) is 42.5 Å². The van der Waals surface area contributed by atoms with Crippen molar-refractivity contribution in [3.8, 4) is 0 Å². The fourth-order valence-corrected chi connectivity index (χ4v) is 2.59. The van der Waals surface area contributed by atoms with Crippen LogP contribution in [0.25, 0.3) is 10.4 Å². The molecule has 0 aromatic rings. The van der Waals surface area contributed by atoms with Crippen LogP contribution in [0.2, 0.25) is 0 Å². The molecule has 0 spiro atoms. The molecule has 0 aromatic carbocycles. The second-order valence-corrected chi connectivity index (χ2v) is 5.19. The predicted molar refractivity (Wildman–Crippen MR) is 77.7 cm³/mol. The molecule has 1 aliphatic rings. The van der Waals surface area contributed by atoms with Crippen LogP contribution in [0, 0.1) is 0 Å². The summed E-state index contributed by atoms with van der Waals surface area (Å²) in [6, 6.07) is -0.814. The molecule has 7 nitrogen and oxygen atoms in total. The Hall–Kier alpha value is -1.27. The summed E-state index contributed by atoms with van der Waals surface area (Å²) in [5.74, 6) is -0.608. The summed E-state index contributed by atoms with van der Waals surface area (Å²) >= 11 is 6.20. The number of halogens is 1. The van der Waals surface area contributed by atoms with Gasteiger partial charge in [-0.05, 0) is 24.8 Å². The standard InChI is InChI=1S/C13H20ClN3O4/c1-4-7(5-2)21-12-10(14)8(13(19)20-3)6-9(11(12)18)16-17-15/h7,9,11-12,18H,4-6H2,1-3H3/t9-,11+,12-/m1/s1. The van der Waals surface area contributed by atoms with Crippen LogP contribution in [-0.2, 0) is 14.3 Å². The molecule has 0 heterocycles. The van der Waals surface area contributed by atoms with E-state index in [1.54, 1.807) is 0 Å². The first-order chi connectivity index (χ1) is 9.99. The molecule has 0 fully saturated rings. The smallest absolute Gasteiger partial charge is 0.335 e. The maximum Gasteiger partial charge on any atom is 0.335 e. The van der Waals surface area contributed by atoms with Crippen molar-refractivity contribution in [2.24, 2.45) is 5.11 Å². The monoisotopic (exact) mass is 317 g/mol. The number of aliphatic hydroxyl groups excluding tert-OH is 1. The molecule has 0 aliphatic heterocycles. The summed E-state index contributed by atoms with van der Waals surface area (Å²) in [6.07, 6.45) is -0.591. The number of carbonyl (C=O) groups excluding carboxylic acids is 1. The molecule has 0 amide bonds. The van der Waals surface area contributed by atoms with Crippen molar-refractivity contribution in [1.82, 2.24) is 0 Å². The molecule has 1 aliphatic carbocycles. The van der Waals surface area contributed by atoms with Crippen LogP contribution in [0.3, 0.4) is 0 Å². The van der Waals surface area contributed by atoms with Crippen LogP contribution in [0.1, 0.15) is 33.1 Å². The van der Waals surface area contributed by atoms with Crippen LogP contribution in [0.15, 0.2) is 15.7 Å². The van der Waals surface area contributed by atoms with E-state index in [9.17, 15) is 9.90 Å². The van der Waals surface area contributed by atoms with Gasteiger partial charge in [-0.25, -0.2) is 4.79 Å². The molecule has 0 bridgehead atoms. The van der Waals surface area contributed by atoms with Gasteiger partial charge in [0.15, 0.2) is 0 Å². The third-order valence-corrected chi connectivity index (χ3v) is 3.98. The molecular weight excluding hydrogens is 298 g/mol. The van der Waals surface area contributed by atoms with E-state index in [1.807, 2.05) is 13.8 Å². The van der Waals surface area contributed by atoms with Gasteiger partial charge in [0.25, 0.3) is 0 Å². The highest BCUT2D eigenvalue weighted by atomic mass is 35.5. The van der Waals surface area contributed by atoms with Crippen molar-refractivity contribution in [1.29, 1.82) is 0 Å². The van der Waals surface area contributed by atoms with Gasteiger partial charge in [0.2, 0.25) is 0 Å². The molecule has 0 unspecified atom stereocenters. The average Bonchev–Trinajstić information content (AvgIpc) is 2.49.